The maximum atomic E-state index is 13.5. The maximum Gasteiger partial charge on any atom is 0.230 e. The molecule has 10 heteroatoms. The first-order chi connectivity index (χ1) is 21.5. The van der Waals surface area contributed by atoms with Crippen LogP contribution in [0.3, 0.4) is 0 Å². The van der Waals surface area contributed by atoms with Crippen molar-refractivity contribution in [1.29, 1.82) is 0 Å². The molecule has 0 radical (unpaired) electrons. The predicted molar refractivity (Wildman–Crippen MR) is 168 cm³/mol. The van der Waals surface area contributed by atoms with Gasteiger partial charge in [0.2, 0.25) is 5.95 Å². The molecule has 1 saturated heterocycles. The minimum atomic E-state index is -0.477. The molecule has 3 aromatic heterocycles. The van der Waals surface area contributed by atoms with Crippen molar-refractivity contribution < 1.29 is 13.9 Å². The highest BCUT2D eigenvalue weighted by Crippen LogP contribution is 2.39. The van der Waals surface area contributed by atoms with Gasteiger partial charge >= 0.3 is 0 Å². The third kappa shape index (κ3) is 5.29. The van der Waals surface area contributed by atoms with Crippen LogP contribution in [0.5, 0.6) is 5.75 Å². The summed E-state index contributed by atoms with van der Waals surface area (Å²) in [7, 11) is 2.14. The molecule has 0 spiro atoms. The summed E-state index contributed by atoms with van der Waals surface area (Å²) < 4.78 is 32.1. The van der Waals surface area contributed by atoms with E-state index in [-0.39, 0.29) is 6.04 Å². The molecule has 2 fully saturated rings. The zero-order valence-corrected chi connectivity index (χ0v) is 25.5. The molecule has 44 heavy (non-hydrogen) atoms. The van der Waals surface area contributed by atoms with Gasteiger partial charge in [-0.3, -0.25) is 4.90 Å². The molecule has 8 rings (SSSR count). The van der Waals surface area contributed by atoms with Gasteiger partial charge in [-0.25, -0.2) is 9.97 Å². The first-order valence-electron chi connectivity index (χ1n) is 16.0. The Bertz CT molecular complexity index is 1810. The van der Waals surface area contributed by atoms with Gasteiger partial charge in [0.25, 0.3) is 0 Å². The number of imidazole rings is 2. The second-order valence-corrected chi connectivity index (χ2v) is 12.9. The number of halogens is 1. The summed E-state index contributed by atoms with van der Waals surface area (Å²) >= 11 is 0. The highest BCUT2D eigenvalue weighted by atomic mass is 19.1. The molecule has 230 valence electrons. The van der Waals surface area contributed by atoms with Gasteiger partial charge in [0, 0.05) is 51.2 Å². The summed E-state index contributed by atoms with van der Waals surface area (Å²) in [6.45, 7) is 8.91. The maximum absolute atomic E-state index is 13.5. The minimum absolute atomic E-state index is 0.0531. The molecular weight excluding hydrogens is 557 g/mol. The van der Waals surface area contributed by atoms with E-state index in [4.69, 9.17) is 14.5 Å². The first kappa shape index (κ1) is 27.8. The number of nitrogens with one attached hydrogen (secondary N) is 1. The van der Waals surface area contributed by atoms with E-state index in [0.29, 0.717) is 18.6 Å². The van der Waals surface area contributed by atoms with Gasteiger partial charge in [-0.1, -0.05) is 12.1 Å². The van der Waals surface area contributed by atoms with E-state index in [1.807, 2.05) is 19.1 Å². The van der Waals surface area contributed by atoms with Gasteiger partial charge in [-0.05, 0) is 67.5 Å². The monoisotopic (exact) mass is 597 g/mol. The van der Waals surface area contributed by atoms with Gasteiger partial charge in [-0.2, -0.15) is 4.39 Å². The zero-order valence-electron chi connectivity index (χ0n) is 25.5. The van der Waals surface area contributed by atoms with Crippen LogP contribution in [-0.4, -0.2) is 74.1 Å². The smallest absolute Gasteiger partial charge is 0.230 e. The molecule has 1 aliphatic carbocycles. The van der Waals surface area contributed by atoms with Crippen molar-refractivity contribution in [3.05, 3.63) is 66.0 Å². The number of benzene rings is 2. The number of ether oxygens (including phenoxy) is 2. The number of rotatable bonds is 9. The Hall–Kier alpha value is -3.73. The fourth-order valence-corrected chi connectivity index (χ4v) is 6.93. The third-order valence-corrected chi connectivity index (χ3v) is 9.58. The molecule has 1 saturated carbocycles. The molecule has 0 bridgehead atoms. The van der Waals surface area contributed by atoms with E-state index >= 15 is 0 Å². The molecule has 0 amide bonds. The molecule has 3 aliphatic rings. The highest BCUT2D eigenvalue weighted by molar-refractivity contribution is 5.92. The molecule has 9 nitrogen and oxygen atoms in total. The van der Waals surface area contributed by atoms with Crippen LogP contribution in [0, 0.1) is 11.9 Å². The van der Waals surface area contributed by atoms with Crippen molar-refractivity contribution in [2.75, 3.05) is 39.5 Å². The third-order valence-electron chi connectivity index (χ3n) is 9.58. The van der Waals surface area contributed by atoms with E-state index in [0.717, 1.165) is 86.0 Å². The number of fused-ring (bicyclic) bond motifs is 3. The Labute approximate surface area is 256 Å². The largest absolute Gasteiger partial charge is 0.489 e. The molecule has 2 aromatic carbocycles. The lowest BCUT2D eigenvalue weighted by Crippen LogP contribution is -2.49. The van der Waals surface area contributed by atoms with Crippen LogP contribution in [0.4, 0.5) is 4.39 Å². The Kier molecular flexibility index (Phi) is 7.15. The van der Waals surface area contributed by atoms with Crippen molar-refractivity contribution in [1.82, 2.24) is 33.9 Å². The SMILES string of the molecule is C[C@H](COc1cccc2cc(-c3nc4cc5c(cc4n3C)CCN(C[C@H]3COCCN3)C5)n(CC3CC3)c12)n1cnc(F)c1. The summed E-state index contributed by atoms with van der Waals surface area (Å²) in [5.74, 6) is 2.01. The van der Waals surface area contributed by atoms with Crippen molar-refractivity contribution in [2.24, 2.45) is 13.0 Å². The minimum Gasteiger partial charge on any atom is -0.489 e. The lowest BCUT2D eigenvalue weighted by molar-refractivity contribution is 0.0598. The predicted octanol–water partition coefficient (Wildman–Crippen LogP) is 4.93. The van der Waals surface area contributed by atoms with Crippen molar-refractivity contribution in [2.45, 2.75) is 51.4 Å². The van der Waals surface area contributed by atoms with Crippen LogP contribution < -0.4 is 10.1 Å². The molecule has 2 aliphatic heterocycles. The molecule has 0 unspecified atom stereocenters. The topological polar surface area (TPSA) is 74.3 Å². The number of nitrogens with zero attached hydrogens (tertiary/aromatic N) is 6. The zero-order chi connectivity index (χ0) is 29.8. The average Bonchev–Trinajstić information content (AvgIpc) is 3.50. The van der Waals surface area contributed by atoms with Gasteiger partial charge in [-0.15, -0.1) is 0 Å². The number of para-hydroxylation sites is 1. The van der Waals surface area contributed by atoms with Gasteiger partial charge in [0.1, 0.15) is 12.4 Å². The summed E-state index contributed by atoms with van der Waals surface area (Å²) in [4.78, 5) is 11.5. The van der Waals surface area contributed by atoms with Crippen molar-refractivity contribution in [3.63, 3.8) is 0 Å². The Morgan fingerprint density at radius 2 is 2.07 bits per heavy atom. The van der Waals surface area contributed by atoms with Gasteiger partial charge in [0.05, 0.1) is 54.0 Å². The second kappa shape index (κ2) is 11.3. The average molecular weight is 598 g/mol. The van der Waals surface area contributed by atoms with E-state index < -0.39 is 5.95 Å². The standard InChI is InChI=1S/C34H40FN7O2/c1-22(41-18-32(35)37-21-41)19-44-31-5-3-4-25-14-30(42(33(25)31)15-23-6-7-23)34-38-28-12-26-16-40(17-27-20-43-11-9-36-27)10-8-24(26)13-29(28)39(34)2/h3-5,12-14,18,21-23,27,36H,6-11,15-17,19-20H2,1-2H3/t22-,27+/m1/s1. The van der Waals surface area contributed by atoms with Crippen molar-refractivity contribution >= 4 is 21.9 Å². The lowest BCUT2D eigenvalue weighted by atomic mass is 9.98. The number of aromatic nitrogens is 5. The van der Waals surface area contributed by atoms with Crippen LogP contribution in [0.25, 0.3) is 33.5 Å². The summed E-state index contributed by atoms with van der Waals surface area (Å²) in [5, 5.41) is 4.74. The lowest BCUT2D eigenvalue weighted by Gasteiger charge is -2.33. The Morgan fingerprint density at radius 3 is 2.86 bits per heavy atom. The number of hydrogen-bond acceptors (Lipinski definition) is 6. The first-order valence-corrected chi connectivity index (χ1v) is 16.0. The molecule has 1 N–H and O–H groups in total. The summed E-state index contributed by atoms with van der Waals surface area (Å²) in [6.07, 6.45) is 6.47. The van der Waals surface area contributed by atoms with E-state index in [1.165, 1.54) is 42.0 Å². The van der Waals surface area contributed by atoms with Gasteiger partial charge in [0.15, 0.2) is 5.82 Å². The van der Waals surface area contributed by atoms with Crippen molar-refractivity contribution in [3.8, 4) is 17.3 Å². The number of aryl methyl sites for hydroxylation is 1. The van der Waals surface area contributed by atoms with E-state index in [9.17, 15) is 4.39 Å². The molecule has 2 atom stereocenters. The fraction of sp³-hybridized carbons (Fsp3) is 0.471. The second-order valence-electron chi connectivity index (χ2n) is 12.9. The van der Waals surface area contributed by atoms with Gasteiger partial charge < -0.3 is 28.5 Å². The van der Waals surface area contributed by atoms with E-state index in [2.05, 4.69) is 55.6 Å². The van der Waals surface area contributed by atoms with Crippen LogP contribution in [0.1, 0.15) is 36.9 Å². The fourth-order valence-electron chi connectivity index (χ4n) is 6.93. The highest BCUT2D eigenvalue weighted by Gasteiger charge is 2.28. The summed E-state index contributed by atoms with van der Waals surface area (Å²) in [5.41, 5.74) is 7.25. The molecule has 5 heterocycles. The van der Waals surface area contributed by atoms with E-state index in [1.54, 1.807) is 4.57 Å². The molecular formula is C34H40FN7O2. The van der Waals surface area contributed by atoms with Crippen LogP contribution >= 0.6 is 0 Å². The molecule has 5 aromatic rings. The quantitative estimate of drug-likeness (QED) is 0.260. The van der Waals surface area contributed by atoms with Crippen LogP contribution in [-0.2, 0) is 31.3 Å². The Morgan fingerprint density at radius 1 is 1.16 bits per heavy atom. The van der Waals surface area contributed by atoms with Crippen LogP contribution in [0.2, 0.25) is 0 Å². The van der Waals surface area contributed by atoms with Crippen LogP contribution in [0.15, 0.2) is 48.9 Å². The summed E-state index contributed by atoms with van der Waals surface area (Å²) in [6, 6.07) is 13.5. The Balaban J connectivity index is 1.12. The number of hydrogen-bond donors (Lipinski definition) is 1. The normalized spacial score (nSPS) is 19.9. The number of morpholine rings is 1.